The fourth-order valence-electron chi connectivity index (χ4n) is 4.45. The van der Waals surface area contributed by atoms with Crippen molar-refractivity contribution in [3.63, 3.8) is 0 Å². The van der Waals surface area contributed by atoms with E-state index in [9.17, 15) is 5.11 Å². The average molecular weight is 369 g/mol. The minimum absolute atomic E-state index is 0.0982. The number of aliphatic hydroxyl groups is 1. The van der Waals surface area contributed by atoms with Crippen LogP contribution in [0.25, 0.3) is 0 Å². The van der Waals surface area contributed by atoms with Crippen molar-refractivity contribution in [1.29, 1.82) is 0 Å². The van der Waals surface area contributed by atoms with Crippen LogP contribution in [0.3, 0.4) is 0 Å². The number of hydrogen-bond donors (Lipinski definition) is 1. The highest BCUT2D eigenvalue weighted by molar-refractivity contribution is 4.85. The fourth-order valence-corrected chi connectivity index (χ4v) is 4.45. The fraction of sp³-hybridized carbons (Fsp3) is 1.00. The quantitative estimate of drug-likeness (QED) is 0.384. The first kappa shape index (κ1) is 22.2. The number of aliphatic hydroxyl groups excluding tert-OH is 1. The van der Waals surface area contributed by atoms with Gasteiger partial charge in [0.25, 0.3) is 0 Å². The maximum Gasteiger partial charge on any atom is 0.169 e. The summed E-state index contributed by atoms with van der Waals surface area (Å²) in [6.45, 7) is 5.21. The maximum absolute atomic E-state index is 10.4. The lowest BCUT2D eigenvalue weighted by Crippen LogP contribution is -2.36. The van der Waals surface area contributed by atoms with Crippen LogP contribution < -0.4 is 0 Å². The zero-order valence-corrected chi connectivity index (χ0v) is 17.5. The van der Waals surface area contributed by atoms with E-state index in [0.29, 0.717) is 6.61 Å². The molecule has 0 aromatic rings. The third kappa shape index (κ3) is 8.27. The highest BCUT2D eigenvalue weighted by Crippen LogP contribution is 2.38. The van der Waals surface area contributed by atoms with Gasteiger partial charge in [-0.25, -0.2) is 0 Å². The lowest BCUT2D eigenvalue weighted by Gasteiger charge is -2.32. The number of rotatable bonds is 13. The molecule has 2 fully saturated rings. The standard InChI is InChI=1S/C23H44O3/c1-20(2)15-11-8-6-4-3-5-7-9-12-16-21(24)22-19-25-23(26-22)17-13-10-14-18-23/h20-22,24H,3-19H2,1-2H3/t21-,22+/m0/s1. The van der Waals surface area contributed by atoms with Crippen molar-refractivity contribution in [3.8, 4) is 0 Å². The van der Waals surface area contributed by atoms with Crippen molar-refractivity contribution in [1.82, 2.24) is 0 Å². The predicted molar refractivity (Wildman–Crippen MR) is 108 cm³/mol. The molecule has 26 heavy (non-hydrogen) atoms. The van der Waals surface area contributed by atoms with Gasteiger partial charge in [0.05, 0.1) is 12.7 Å². The van der Waals surface area contributed by atoms with E-state index in [1.54, 1.807) is 0 Å². The van der Waals surface area contributed by atoms with Gasteiger partial charge in [0.2, 0.25) is 0 Å². The van der Waals surface area contributed by atoms with E-state index in [4.69, 9.17) is 9.47 Å². The molecule has 2 rings (SSSR count). The highest BCUT2D eigenvalue weighted by atomic mass is 16.7. The average Bonchev–Trinajstić information content (AvgIpc) is 3.03. The zero-order valence-electron chi connectivity index (χ0n) is 17.5. The molecule has 0 aromatic heterocycles. The van der Waals surface area contributed by atoms with E-state index in [0.717, 1.165) is 31.6 Å². The molecule has 0 amide bonds. The Morgan fingerprint density at radius 1 is 0.808 bits per heavy atom. The number of ether oxygens (including phenoxy) is 2. The Morgan fingerprint density at radius 2 is 1.35 bits per heavy atom. The summed E-state index contributed by atoms with van der Waals surface area (Å²) in [6, 6.07) is 0. The van der Waals surface area contributed by atoms with Crippen LogP contribution in [0.2, 0.25) is 0 Å². The summed E-state index contributed by atoms with van der Waals surface area (Å²) in [5.41, 5.74) is 0. The normalized spacial score (nSPS) is 23.8. The molecule has 1 heterocycles. The molecule has 0 bridgehead atoms. The first-order chi connectivity index (χ1) is 12.6. The SMILES string of the molecule is CC(C)CCCCCCCCCCC[C@H](O)[C@H]1COC2(CCCCC2)O1. The highest BCUT2D eigenvalue weighted by Gasteiger charge is 2.44. The van der Waals surface area contributed by atoms with Crippen molar-refractivity contribution in [2.45, 2.75) is 135 Å². The van der Waals surface area contributed by atoms with Crippen molar-refractivity contribution < 1.29 is 14.6 Å². The lowest BCUT2D eigenvalue weighted by molar-refractivity contribution is -0.195. The van der Waals surface area contributed by atoms with E-state index in [2.05, 4.69) is 13.8 Å². The Labute approximate surface area is 162 Å². The molecule has 1 aliphatic heterocycles. The minimum Gasteiger partial charge on any atom is -0.390 e. The van der Waals surface area contributed by atoms with E-state index >= 15 is 0 Å². The Kier molecular flexibility index (Phi) is 10.5. The monoisotopic (exact) mass is 368 g/mol. The second-order valence-corrected chi connectivity index (χ2v) is 9.16. The van der Waals surface area contributed by atoms with Crippen LogP contribution in [-0.2, 0) is 9.47 Å². The molecule has 3 heteroatoms. The molecule has 1 saturated carbocycles. The third-order valence-corrected chi connectivity index (χ3v) is 6.20. The third-order valence-electron chi connectivity index (χ3n) is 6.20. The topological polar surface area (TPSA) is 38.7 Å². The Balaban J connectivity index is 1.40. The first-order valence-corrected chi connectivity index (χ1v) is 11.6. The molecule has 154 valence electrons. The Hall–Kier alpha value is -0.120. The summed E-state index contributed by atoms with van der Waals surface area (Å²) in [7, 11) is 0. The molecule has 2 atom stereocenters. The summed E-state index contributed by atoms with van der Waals surface area (Å²) in [5, 5.41) is 10.4. The van der Waals surface area contributed by atoms with Crippen LogP contribution in [0, 0.1) is 5.92 Å². The second-order valence-electron chi connectivity index (χ2n) is 9.16. The van der Waals surface area contributed by atoms with Gasteiger partial charge in [-0.2, -0.15) is 0 Å². The molecule has 0 radical (unpaired) electrons. The van der Waals surface area contributed by atoms with Crippen molar-refractivity contribution in [2.24, 2.45) is 5.92 Å². The summed E-state index contributed by atoms with van der Waals surface area (Å²) >= 11 is 0. The van der Waals surface area contributed by atoms with Crippen LogP contribution in [0.1, 0.15) is 117 Å². The number of unbranched alkanes of at least 4 members (excludes halogenated alkanes) is 8. The molecule has 1 spiro atoms. The first-order valence-electron chi connectivity index (χ1n) is 11.6. The zero-order chi connectivity index (χ0) is 18.7. The van der Waals surface area contributed by atoms with Gasteiger partial charge in [-0.15, -0.1) is 0 Å². The Bertz CT molecular complexity index is 349. The molecule has 2 aliphatic rings. The van der Waals surface area contributed by atoms with Gasteiger partial charge < -0.3 is 14.6 Å². The van der Waals surface area contributed by atoms with E-state index in [1.165, 1.54) is 77.0 Å². The van der Waals surface area contributed by atoms with Gasteiger partial charge in [-0.05, 0) is 25.2 Å². The largest absolute Gasteiger partial charge is 0.390 e. The molecule has 0 unspecified atom stereocenters. The summed E-state index contributed by atoms with van der Waals surface area (Å²) < 4.78 is 12.1. The van der Waals surface area contributed by atoms with Crippen molar-refractivity contribution >= 4 is 0 Å². The summed E-state index contributed by atoms with van der Waals surface area (Å²) in [4.78, 5) is 0. The van der Waals surface area contributed by atoms with Crippen molar-refractivity contribution in [2.75, 3.05) is 6.61 Å². The molecular weight excluding hydrogens is 324 g/mol. The molecule has 0 aromatic carbocycles. The minimum atomic E-state index is -0.350. The van der Waals surface area contributed by atoms with Gasteiger partial charge in [0.15, 0.2) is 5.79 Å². The van der Waals surface area contributed by atoms with Crippen LogP contribution in [0.4, 0.5) is 0 Å². The maximum atomic E-state index is 10.4. The van der Waals surface area contributed by atoms with Crippen molar-refractivity contribution in [3.05, 3.63) is 0 Å². The molecular formula is C23H44O3. The van der Waals surface area contributed by atoms with E-state index in [1.807, 2.05) is 0 Å². The van der Waals surface area contributed by atoms with Crippen LogP contribution in [-0.4, -0.2) is 29.7 Å². The lowest BCUT2D eigenvalue weighted by atomic mass is 9.94. The predicted octanol–water partition coefficient (Wildman–Crippen LogP) is 6.37. The smallest absolute Gasteiger partial charge is 0.169 e. The summed E-state index contributed by atoms with van der Waals surface area (Å²) in [5.74, 6) is 0.513. The van der Waals surface area contributed by atoms with Crippen LogP contribution in [0.15, 0.2) is 0 Å². The van der Waals surface area contributed by atoms with E-state index < -0.39 is 0 Å². The van der Waals surface area contributed by atoms with Gasteiger partial charge in [0.1, 0.15) is 6.10 Å². The van der Waals surface area contributed by atoms with Gasteiger partial charge in [-0.1, -0.05) is 84.5 Å². The van der Waals surface area contributed by atoms with Gasteiger partial charge in [-0.3, -0.25) is 0 Å². The van der Waals surface area contributed by atoms with E-state index in [-0.39, 0.29) is 18.0 Å². The molecule has 3 nitrogen and oxygen atoms in total. The number of hydrogen-bond acceptors (Lipinski definition) is 3. The van der Waals surface area contributed by atoms with Gasteiger partial charge in [0, 0.05) is 12.8 Å². The molecule has 1 N–H and O–H groups in total. The van der Waals surface area contributed by atoms with Crippen LogP contribution in [0.5, 0.6) is 0 Å². The van der Waals surface area contributed by atoms with Gasteiger partial charge >= 0.3 is 0 Å². The Morgan fingerprint density at radius 3 is 1.92 bits per heavy atom. The summed E-state index contributed by atoms with van der Waals surface area (Å²) in [6.07, 6.45) is 19.5. The van der Waals surface area contributed by atoms with Crippen LogP contribution >= 0.6 is 0 Å². The molecule has 1 aliphatic carbocycles. The molecule has 1 saturated heterocycles. The second kappa shape index (κ2) is 12.4.